The van der Waals surface area contributed by atoms with Gasteiger partial charge in [0.15, 0.2) is 0 Å². The van der Waals surface area contributed by atoms with Crippen molar-refractivity contribution in [1.82, 2.24) is 9.78 Å². The Morgan fingerprint density at radius 1 is 0.963 bits per heavy atom. The summed E-state index contributed by atoms with van der Waals surface area (Å²) in [6.07, 6.45) is 1.84. The SMILES string of the molecule is OC(CF)(Cc1ccccc1)c1ccc2c(cnn2-c2ccc(F)cc2)c1. The maximum atomic E-state index is 13.8. The Labute approximate surface area is 155 Å². The highest BCUT2D eigenvalue weighted by Crippen LogP contribution is 2.30. The predicted molar refractivity (Wildman–Crippen MR) is 101 cm³/mol. The summed E-state index contributed by atoms with van der Waals surface area (Å²) in [6, 6.07) is 20.6. The lowest BCUT2D eigenvalue weighted by molar-refractivity contribution is 0.0114. The molecule has 1 heterocycles. The number of rotatable bonds is 5. The first-order chi connectivity index (χ1) is 13.1. The van der Waals surface area contributed by atoms with Gasteiger partial charge in [0.1, 0.15) is 18.1 Å². The summed E-state index contributed by atoms with van der Waals surface area (Å²) in [5, 5.41) is 16.0. The number of aliphatic hydroxyl groups is 1. The third-order valence-corrected chi connectivity index (χ3v) is 4.74. The molecule has 0 saturated carbocycles. The molecule has 1 aromatic heterocycles. The Hall–Kier alpha value is -3.05. The molecule has 0 aliphatic heterocycles. The average Bonchev–Trinajstić information content (AvgIpc) is 3.12. The lowest BCUT2D eigenvalue weighted by atomic mass is 9.88. The molecule has 0 aliphatic rings. The summed E-state index contributed by atoms with van der Waals surface area (Å²) < 4.78 is 28.7. The quantitative estimate of drug-likeness (QED) is 0.564. The summed E-state index contributed by atoms with van der Waals surface area (Å²) in [5.41, 5.74) is 1.28. The zero-order chi connectivity index (χ0) is 18.9. The number of hydrogen-bond acceptors (Lipinski definition) is 2. The molecule has 1 atom stereocenters. The van der Waals surface area contributed by atoms with Gasteiger partial charge in [-0.2, -0.15) is 5.10 Å². The van der Waals surface area contributed by atoms with Crippen LogP contribution in [-0.2, 0) is 12.0 Å². The van der Waals surface area contributed by atoms with Gasteiger partial charge >= 0.3 is 0 Å². The molecule has 4 rings (SSSR count). The minimum atomic E-state index is -1.60. The van der Waals surface area contributed by atoms with Gasteiger partial charge in [0.2, 0.25) is 0 Å². The molecule has 5 heteroatoms. The molecule has 3 nitrogen and oxygen atoms in total. The minimum Gasteiger partial charge on any atom is -0.382 e. The lowest BCUT2D eigenvalue weighted by Crippen LogP contribution is -2.31. The van der Waals surface area contributed by atoms with Crippen LogP contribution in [-0.4, -0.2) is 21.6 Å². The zero-order valence-corrected chi connectivity index (χ0v) is 14.5. The molecule has 0 fully saturated rings. The van der Waals surface area contributed by atoms with Gasteiger partial charge in [0, 0.05) is 11.8 Å². The maximum Gasteiger partial charge on any atom is 0.123 e. The minimum absolute atomic E-state index is 0.182. The summed E-state index contributed by atoms with van der Waals surface area (Å²) in [6.45, 7) is -0.889. The Bertz CT molecular complexity index is 1060. The molecule has 3 aromatic carbocycles. The number of benzene rings is 3. The Morgan fingerprint density at radius 3 is 2.41 bits per heavy atom. The van der Waals surface area contributed by atoms with Gasteiger partial charge < -0.3 is 5.11 Å². The van der Waals surface area contributed by atoms with Gasteiger partial charge in [-0.1, -0.05) is 36.4 Å². The van der Waals surface area contributed by atoms with Crippen molar-refractivity contribution in [3.05, 3.63) is 95.9 Å². The van der Waals surface area contributed by atoms with Gasteiger partial charge in [-0.25, -0.2) is 13.5 Å². The predicted octanol–water partition coefficient (Wildman–Crippen LogP) is 4.56. The first-order valence-electron chi connectivity index (χ1n) is 8.65. The lowest BCUT2D eigenvalue weighted by Gasteiger charge is -2.26. The Balaban J connectivity index is 1.72. The van der Waals surface area contributed by atoms with Crippen LogP contribution in [0.2, 0.25) is 0 Å². The normalized spacial score (nSPS) is 13.6. The smallest absolute Gasteiger partial charge is 0.123 e. The molecule has 4 aromatic rings. The molecule has 136 valence electrons. The van der Waals surface area contributed by atoms with Crippen molar-refractivity contribution < 1.29 is 13.9 Å². The Morgan fingerprint density at radius 2 is 1.70 bits per heavy atom. The van der Waals surface area contributed by atoms with Gasteiger partial charge in [-0.3, -0.25) is 0 Å². The summed E-state index contributed by atoms with van der Waals surface area (Å²) in [7, 11) is 0. The number of alkyl halides is 1. The van der Waals surface area contributed by atoms with E-state index in [2.05, 4.69) is 5.10 Å². The molecule has 0 spiro atoms. The van der Waals surface area contributed by atoms with Crippen LogP contribution >= 0.6 is 0 Å². The van der Waals surface area contributed by atoms with Crippen LogP contribution < -0.4 is 0 Å². The summed E-state index contributed by atoms with van der Waals surface area (Å²) in [4.78, 5) is 0. The van der Waals surface area contributed by atoms with Gasteiger partial charge in [-0.15, -0.1) is 0 Å². The molecule has 0 bridgehead atoms. The van der Waals surface area contributed by atoms with Crippen molar-refractivity contribution >= 4 is 10.9 Å². The van der Waals surface area contributed by atoms with Crippen LogP contribution in [0.3, 0.4) is 0 Å². The van der Waals surface area contributed by atoms with E-state index in [4.69, 9.17) is 0 Å². The van der Waals surface area contributed by atoms with Crippen LogP contribution in [0.5, 0.6) is 0 Å². The van der Waals surface area contributed by atoms with E-state index in [1.54, 1.807) is 41.2 Å². The summed E-state index contributed by atoms with van der Waals surface area (Å²) in [5.74, 6) is -0.314. The third kappa shape index (κ3) is 3.34. The second-order valence-corrected chi connectivity index (χ2v) is 6.63. The van der Waals surface area contributed by atoms with Crippen LogP contribution in [0.25, 0.3) is 16.6 Å². The highest BCUT2D eigenvalue weighted by molar-refractivity contribution is 5.81. The van der Waals surface area contributed by atoms with Crippen molar-refractivity contribution in [1.29, 1.82) is 0 Å². The van der Waals surface area contributed by atoms with Crippen molar-refractivity contribution in [3.63, 3.8) is 0 Å². The fraction of sp³-hybridized carbons (Fsp3) is 0.136. The van der Waals surface area contributed by atoms with E-state index in [9.17, 15) is 13.9 Å². The van der Waals surface area contributed by atoms with E-state index in [1.807, 2.05) is 30.3 Å². The maximum absolute atomic E-state index is 13.8. The average molecular weight is 364 g/mol. The highest BCUT2D eigenvalue weighted by Gasteiger charge is 2.30. The van der Waals surface area contributed by atoms with Crippen molar-refractivity contribution in [2.75, 3.05) is 6.67 Å². The number of fused-ring (bicyclic) bond motifs is 1. The molecule has 27 heavy (non-hydrogen) atoms. The molecule has 0 aliphatic carbocycles. The monoisotopic (exact) mass is 364 g/mol. The summed E-state index contributed by atoms with van der Waals surface area (Å²) >= 11 is 0. The van der Waals surface area contributed by atoms with Crippen molar-refractivity contribution in [3.8, 4) is 5.69 Å². The van der Waals surface area contributed by atoms with E-state index >= 15 is 0 Å². The standard InChI is InChI=1S/C22H18F2N2O/c23-15-22(27,13-16-4-2-1-3-5-16)18-6-11-21-17(12-18)14-25-26(21)20-9-7-19(24)8-10-20/h1-12,14,27H,13,15H2. The highest BCUT2D eigenvalue weighted by atomic mass is 19.1. The van der Waals surface area contributed by atoms with E-state index in [0.29, 0.717) is 5.56 Å². The topological polar surface area (TPSA) is 38.1 Å². The van der Waals surface area contributed by atoms with E-state index < -0.39 is 12.3 Å². The largest absolute Gasteiger partial charge is 0.382 e. The first kappa shape index (κ1) is 17.4. The van der Waals surface area contributed by atoms with Gasteiger partial charge in [0.05, 0.1) is 17.4 Å². The number of hydrogen-bond donors (Lipinski definition) is 1. The molecule has 0 radical (unpaired) electrons. The zero-order valence-electron chi connectivity index (χ0n) is 14.5. The number of halogens is 2. The van der Waals surface area contributed by atoms with Gasteiger partial charge in [0.25, 0.3) is 0 Å². The molecule has 1 N–H and O–H groups in total. The molecular weight excluding hydrogens is 346 g/mol. The van der Waals surface area contributed by atoms with Crippen LogP contribution in [0.15, 0.2) is 79.0 Å². The third-order valence-electron chi connectivity index (χ3n) is 4.74. The van der Waals surface area contributed by atoms with E-state index in [0.717, 1.165) is 22.2 Å². The van der Waals surface area contributed by atoms with Crippen molar-refractivity contribution in [2.45, 2.75) is 12.0 Å². The molecule has 1 unspecified atom stereocenters. The fourth-order valence-electron chi connectivity index (χ4n) is 3.27. The van der Waals surface area contributed by atoms with Crippen molar-refractivity contribution in [2.24, 2.45) is 0 Å². The Kier molecular flexibility index (Phi) is 4.46. The number of aromatic nitrogens is 2. The fourth-order valence-corrected chi connectivity index (χ4v) is 3.27. The van der Waals surface area contributed by atoms with Crippen LogP contribution in [0.1, 0.15) is 11.1 Å². The molecular formula is C22H18F2N2O. The van der Waals surface area contributed by atoms with Gasteiger partial charge in [-0.05, 0) is 47.5 Å². The van der Waals surface area contributed by atoms with E-state index in [-0.39, 0.29) is 12.2 Å². The van der Waals surface area contributed by atoms with E-state index in [1.165, 1.54) is 12.1 Å². The molecule has 0 saturated heterocycles. The van der Waals surface area contributed by atoms with Crippen LogP contribution in [0.4, 0.5) is 8.78 Å². The first-order valence-corrected chi connectivity index (χ1v) is 8.65. The second kappa shape index (κ2) is 6.93. The number of nitrogens with zero attached hydrogens (tertiary/aromatic N) is 2. The second-order valence-electron chi connectivity index (χ2n) is 6.63. The van der Waals surface area contributed by atoms with Crippen LogP contribution in [0, 0.1) is 5.82 Å². The molecule has 0 amide bonds.